The van der Waals surface area contributed by atoms with Crippen molar-refractivity contribution in [1.82, 2.24) is 0 Å². The van der Waals surface area contributed by atoms with Crippen molar-refractivity contribution >= 4 is 17.7 Å². The lowest BCUT2D eigenvalue weighted by Crippen LogP contribution is -2.17. The maximum absolute atomic E-state index is 10.2. The summed E-state index contributed by atoms with van der Waals surface area (Å²) in [6, 6.07) is 0. The Bertz CT molecular complexity index is 94.5. The van der Waals surface area contributed by atoms with Gasteiger partial charge in [0.05, 0.1) is 6.54 Å². The van der Waals surface area contributed by atoms with Gasteiger partial charge in [0.25, 0.3) is 0 Å². The Kier molecular flexibility index (Phi) is 4.73. The highest BCUT2D eigenvalue weighted by molar-refractivity contribution is 7.60. The minimum absolute atomic E-state index is 0.0600. The van der Waals surface area contributed by atoms with Crippen LogP contribution in [-0.4, -0.2) is 23.1 Å². The summed E-state index contributed by atoms with van der Waals surface area (Å²) in [5.74, 6) is -0.256. The van der Waals surface area contributed by atoms with Crippen molar-refractivity contribution in [3.63, 3.8) is 0 Å². The summed E-state index contributed by atoms with van der Waals surface area (Å²) in [5.41, 5.74) is 4.88. The number of carbonyl (C=O) groups excluding carboxylic acids is 1. The summed E-state index contributed by atoms with van der Waals surface area (Å²) in [4.78, 5) is 10.2. The molecule has 0 atom stereocenters. The fourth-order valence-corrected chi connectivity index (χ4v) is 0.354. The van der Waals surface area contributed by atoms with Crippen LogP contribution in [0.4, 0.5) is 0 Å². The zero-order valence-corrected chi connectivity index (χ0v) is 5.06. The predicted molar refractivity (Wildman–Crippen MR) is 29.6 cm³/mol. The van der Waals surface area contributed by atoms with Crippen molar-refractivity contribution in [3.8, 4) is 0 Å². The fourth-order valence-electron chi connectivity index (χ4n) is 0.157. The SMILES string of the molecule is NCC(=O)CO[SH]=O. The Morgan fingerprint density at radius 1 is 1.75 bits per heavy atom. The molecule has 2 N–H and O–H groups in total. The standard InChI is InChI=1S/C3H7NO3S/c4-1-3(5)2-7-8-6/h8H,1-2,4H2. The van der Waals surface area contributed by atoms with Crippen LogP contribution in [0.2, 0.25) is 0 Å². The number of carbonyl (C=O) groups is 1. The molecule has 0 aliphatic heterocycles. The van der Waals surface area contributed by atoms with Crippen molar-refractivity contribution in [3.05, 3.63) is 0 Å². The molecule has 48 valence electrons. The highest BCUT2D eigenvalue weighted by atomic mass is 32.2. The van der Waals surface area contributed by atoms with E-state index in [-0.39, 0.29) is 18.9 Å². The summed E-state index contributed by atoms with van der Waals surface area (Å²) in [7, 11) is 0. The first-order valence-electron chi connectivity index (χ1n) is 1.97. The summed E-state index contributed by atoms with van der Waals surface area (Å²) in [5, 5.41) is 0. The van der Waals surface area contributed by atoms with Gasteiger partial charge < -0.3 is 5.73 Å². The number of hydrogen-bond acceptors (Lipinski definition) is 4. The van der Waals surface area contributed by atoms with Gasteiger partial charge in [0, 0.05) is 0 Å². The fraction of sp³-hybridized carbons (Fsp3) is 0.667. The van der Waals surface area contributed by atoms with Gasteiger partial charge in [0.1, 0.15) is 18.6 Å². The molecule has 0 fully saturated rings. The lowest BCUT2D eigenvalue weighted by molar-refractivity contribution is -0.119. The van der Waals surface area contributed by atoms with E-state index in [1.807, 2.05) is 0 Å². The number of ketones is 1. The Morgan fingerprint density at radius 2 is 2.38 bits per heavy atom. The van der Waals surface area contributed by atoms with E-state index in [1.54, 1.807) is 0 Å². The quantitative estimate of drug-likeness (QED) is 0.457. The second kappa shape index (κ2) is 4.89. The van der Waals surface area contributed by atoms with Gasteiger partial charge in [0.2, 0.25) is 0 Å². The third-order valence-electron chi connectivity index (χ3n) is 0.506. The molecule has 4 nitrogen and oxygen atoms in total. The summed E-state index contributed by atoms with van der Waals surface area (Å²) in [6.45, 7) is -0.225. The van der Waals surface area contributed by atoms with E-state index in [2.05, 4.69) is 4.18 Å². The van der Waals surface area contributed by atoms with E-state index in [0.717, 1.165) is 0 Å². The van der Waals surface area contributed by atoms with Crippen LogP contribution in [0, 0.1) is 0 Å². The average molecular weight is 137 g/mol. The molecule has 0 rings (SSSR count). The molecule has 0 saturated heterocycles. The highest BCUT2D eigenvalue weighted by Gasteiger charge is 1.94. The normalized spacial score (nSPS) is 9.12. The average Bonchev–Trinajstić information content (AvgIpc) is 1.83. The van der Waals surface area contributed by atoms with Gasteiger partial charge in [-0.3, -0.25) is 8.98 Å². The molecule has 0 amide bonds. The molecule has 0 radical (unpaired) electrons. The van der Waals surface area contributed by atoms with Crippen molar-refractivity contribution in [1.29, 1.82) is 0 Å². The maximum Gasteiger partial charge on any atom is 0.173 e. The Morgan fingerprint density at radius 3 is 2.75 bits per heavy atom. The Balaban J connectivity index is 3.11. The molecule has 0 aromatic rings. The summed E-state index contributed by atoms with van der Waals surface area (Å²) in [6.07, 6.45) is 0. The zero-order valence-electron chi connectivity index (χ0n) is 4.16. The smallest absolute Gasteiger partial charge is 0.173 e. The second-order valence-electron chi connectivity index (χ2n) is 1.09. The Labute approximate surface area is 50.7 Å². The first kappa shape index (κ1) is 7.74. The number of thiol groups is 1. The first-order chi connectivity index (χ1) is 3.81. The van der Waals surface area contributed by atoms with Gasteiger partial charge in [-0.25, -0.2) is 4.21 Å². The highest BCUT2D eigenvalue weighted by Crippen LogP contribution is 1.69. The predicted octanol–water partition coefficient (Wildman–Crippen LogP) is -1.61. The molecule has 0 heterocycles. The van der Waals surface area contributed by atoms with Gasteiger partial charge >= 0.3 is 0 Å². The molecular formula is C3H7NO3S. The van der Waals surface area contributed by atoms with Crippen LogP contribution in [0.25, 0.3) is 0 Å². The summed E-state index contributed by atoms with van der Waals surface area (Å²) < 4.78 is 13.7. The van der Waals surface area contributed by atoms with Crippen LogP contribution < -0.4 is 5.73 Å². The third kappa shape index (κ3) is 3.91. The van der Waals surface area contributed by atoms with E-state index in [4.69, 9.17) is 5.73 Å². The van der Waals surface area contributed by atoms with Crippen LogP contribution >= 0.6 is 0 Å². The molecule has 0 aliphatic rings. The Hall–Kier alpha value is -0.260. The molecule has 0 aliphatic carbocycles. The van der Waals surface area contributed by atoms with Crippen LogP contribution in [-0.2, 0) is 20.9 Å². The van der Waals surface area contributed by atoms with Crippen molar-refractivity contribution in [2.75, 3.05) is 13.2 Å². The van der Waals surface area contributed by atoms with Crippen LogP contribution in [0.15, 0.2) is 0 Å². The third-order valence-corrected chi connectivity index (χ3v) is 0.740. The summed E-state index contributed by atoms with van der Waals surface area (Å²) >= 11 is -0.477. The molecule has 0 spiro atoms. The number of nitrogens with two attached hydrogens (primary N) is 1. The largest absolute Gasteiger partial charge is 0.324 e. The van der Waals surface area contributed by atoms with Gasteiger partial charge in [-0.05, 0) is 0 Å². The van der Waals surface area contributed by atoms with E-state index in [0.29, 0.717) is 0 Å². The minimum atomic E-state index is -0.477. The van der Waals surface area contributed by atoms with E-state index in [1.165, 1.54) is 0 Å². The molecule has 0 unspecified atom stereocenters. The molecule has 0 aromatic heterocycles. The van der Waals surface area contributed by atoms with Gasteiger partial charge in [-0.2, -0.15) is 0 Å². The number of hydrogen-bond donors (Lipinski definition) is 2. The molecule has 5 heteroatoms. The lowest BCUT2D eigenvalue weighted by Gasteiger charge is -1.88. The first-order valence-corrected chi connectivity index (χ1v) is 2.70. The van der Waals surface area contributed by atoms with Crippen LogP contribution in [0.3, 0.4) is 0 Å². The monoisotopic (exact) mass is 137 g/mol. The van der Waals surface area contributed by atoms with Gasteiger partial charge in [-0.15, -0.1) is 0 Å². The van der Waals surface area contributed by atoms with E-state index in [9.17, 15) is 9.00 Å². The minimum Gasteiger partial charge on any atom is -0.324 e. The van der Waals surface area contributed by atoms with Gasteiger partial charge in [-0.1, -0.05) is 0 Å². The van der Waals surface area contributed by atoms with Crippen molar-refractivity contribution in [2.24, 2.45) is 5.73 Å². The zero-order chi connectivity index (χ0) is 6.41. The second-order valence-corrected chi connectivity index (χ2v) is 1.50. The van der Waals surface area contributed by atoms with Crippen LogP contribution in [0.5, 0.6) is 0 Å². The van der Waals surface area contributed by atoms with Gasteiger partial charge in [0.15, 0.2) is 5.78 Å². The van der Waals surface area contributed by atoms with Crippen LogP contribution in [0.1, 0.15) is 0 Å². The molecule has 8 heavy (non-hydrogen) atoms. The number of Topliss-reactive ketones (excluding diaryl/α,β-unsaturated/α-hetero) is 1. The van der Waals surface area contributed by atoms with E-state index >= 15 is 0 Å². The topological polar surface area (TPSA) is 69.4 Å². The van der Waals surface area contributed by atoms with Crippen molar-refractivity contribution < 1.29 is 13.2 Å². The lowest BCUT2D eigenvalue weighted by atomic mass is 10.4. The molecule has 0 bridgehead atoms. The number of rotatable bonds is 4. The molecule has 0 aromatic carbocycles. The van der Waals surface area contributed by atoms with Crippen molar-refractivity contribution in [2.45, 2.75) is 0 Å². The molecular weight excluding hydrogens is 130 g/mol. The maximum atomic E-state index is 10.2. The molecule has 0 saturated carbocycles. The van der Waals surface area contributed by atoms with E-state index < -0.39 is 11.9 Å².